The van der Waals surface area contributed by atoms with Crippen LogP contribution in [0.1, 0.15) is 45.6 Å². The molecule has 1 aromatic carbocycles. The Balaban J connectivity index is 1.96. The van der Waals surface area contributed by atoms with E-state index >= 15 is 0 Å². The summed E-state index contributed by atoms with van der Waals surface area (Å²) in [6, 6.07) is 8.45. The Morgan fingerprint density at radius 2 is 1.88 bits per heavy atom. The smallest absolute Gasteiger partial charge is 0.416 e. The first kappa shape index (κ1) is 19.8. The molecule has 1 aromatic rings. The molecule has 1 atom stereocenters. The molecule has 0 radical (unpaired) electrons. The standard InChI is InChI=1S/C19H26N2O5/c1-19(2,3)26-17(23)20-15-11-7-8-12-21(16(15)22)18(24)25-13-14-9-5-4-6-10-14/h4-6,9-10,15H,7-8,11-13H2,1-3H3,(H,20,23)/t15-/m0/s1. The van der Waals surface area contributed by atoms with Crippen LogP contribution in [0.3, 0.4) is 0 Å². The van der Waals surface area contributed by atoms with Gasteiger partial charge in [0.2, 0.25) is 0 Å². The molecule has 1 heterocycles. The molecular weight excluding hydrogens is 336 g/mol. The average molecular weight is 362 g/mol. The van der Waals surface area contributed by atoms with Gasteiger partial charge in [0.15, 0.2) is 0 Å². The molecule has 0 saturated carbocycles. The first-order valence-electron chi connectivity index (χ1n) is 8.78. The van der Waals surface area contributed by atoms with Crippen molar-refractivity contribution in [2.75, 3.05) is 6.54 Å². The third kappa shape index (κ3) is 6.06. The van der Waals surface area contributed by atoms with E-state index in [4.69, 9.17) is 9.47 Å². The van der Waals surface area contributed by atoms with Gasteiger partial charge < -0.3 is 14.8 Å². The van der Waals surface area contributed by atoms with Gasteiger partial charge in [0.25, 0.3) is 5.91 Å². The number of imide groups is 1. The fourth-order valence-corrected chi connectivity index (χ4v) is 2.60. The molecule has 7 heteroatoms. The van der Waals surface area contributed by atoms with E-state index in [2.05, 4.69) is 5.32 Å². The van der Waals surface area contributed by atoms with Gasteiger partial charge in [-0.3, -0.25) is 4.79 Å². The van der Waals surface area contributed by atoms with Crippen LogP contribution in [0.2, 0.25) is 0 Å². The predicted molar refractivity (Wildman–Crippen MR) is 95.3 cm³/mol. The first-order chi connectivity index (χ1) is 12.3. The van der Waals surface area contributed by atoms with Crippen molar-refractivity contribution >= 4 is 18.1 Å². The zero-order valence-corrected chi connectivity index (χ0v) is 15.5. The number of benzene rings is 1. The Bertz CT molecular complexity index is 639. The Morgan fingerprint density at radius 3 is 2.54 bits per heavy atom. The summed E-state index contributed by atoms with van der Waals surface area (Å²) in [7, 11) is 0. The average Bonchev–Trinajstić information content (AvgIpc) is 2.74. The number of likely N-dealkylation sites (tertiary alicyclic amines) is 1. The van der Waals surface area contributed by atoms with Crippen molar-refractivity contribution in [3.8, 4) is 0 Å². The summed E-state index contributed by atoms with van der Waals surface area (Å²) in [5, 5.41) is 2.56. The van der Waals surface area contributed by atoms with E-state index in [1.807, 2.05) is 30.3 Å². The number of nitrogens with one attached hydrogen (secondary N) is 1. The van der Waals surface area contributed by atoms with Crippen molar-refractivity contribution in [2.45, 2.75) is 58.3 Å². The lowest BCUT2D eigenvalue weighted by Crippen LogP contribution is -2.50. The quantitative estimate of drug-likeness (QED) is 0.892. The van der Waals surface area contributed by atoms with E-state index in [0.717, 1.165) is 10.5 Å². The number of rotatable bonds is 3. The summed E-state index contributed by atoms with van der Waals surface area (Å²) in [4.78, 5) is 38.0. The second-order valence-electron chi connectivity index (χ2n) is 7.22. The molecule has 3 amide bonds. The van der Waals surface area contributed by atoms with Gasteiger partial charge in [0.05, 0.1) is 0 Å². The van der Waals surface area contributed by atoms with Gasteiger partial charge in [-0.2, -0.15) is 0 Å². The first-order valence-corrected chi connectivity index (χ1v) is 8.78. The molecule has 2 rings (SSSR count). The van der Waals surface area contributed by atoms with Gasteiger partial charge >= 0.3 is 12.2 Å². The highest BCUT2D eigenvalue weighted by molar-refractivity contribution is 5.96. The molecule has 26 heavy (non-hydrogen) atoms. The van der Waals surface area contributed by atoms with Crippen LogP contribution >= 0.6 is 0 Å². The largest absolute Gasteiger partial charge is 0.444 e. The van der Waals surface area contributed by atoms with Crippen LogP contribution in [0, 0.1) is 0 Å². The third-order valence-electron chi connectivity index (χ3n) is 3.81. The van der Waals surface area contributed by atoms with Crippen LogP contribution < -0.4 is 5.32 Å². The molecule has 1 aliphatic heterocycles. The Hall–Kier alpha value is -2.57. The number of carbonyl (C=O) groups is 3. The Morgan fingerprint density at radius 1 is 1.19 bits per heavy atom. The molecule has 0 spiro atoms. The van der Waals surface area contributed by atoms with E-state index in [-0.39, 0.29) is 13.2 Å². The Labute approximate surface area is 153 Å². The molecule has 7 nitrogen and oxygen atoms in total. The highest BCUT2D eigenvalue weighted by Crippen LogP contribution is 2.15. The minimum atomic E-state index is -0.795. The van der Waals surface area contributed by atoms with Crippen molar-refractivity contribution in [3.63, 3.8) is 0 Å². The highest BCUT2D eigenvalue weighted by atomic mass is 16.6. The minimum Gasteiger partial charge on any atom is -0.444 e. The third-order valence-corrected chi connectivity index (χ3v) is 3.81. The molecule has 0 bridgehead atoms. The van der Waals surface area contributed by atoms with Crippen molar-refractivity contribution in [3.05, 3.63) is 35.9 Å². The molecule has 1 aliphatic rings. The molecular formula is C19H26N2O5. The zero-order chi connectivity index (χ0) is 19.2. The maximum atomic E-state index is 12.7. The van der Waals surface area contributed by atoms with Crippen LogP contribution in [0.4, 0.5) is 9.59 Å². The van der Waals surface area contributed by atoms with Crippen LogP contribution in [-0.4, -0.2) is 41.2 Å². The van der Waals surface area contributed by atoms with Gasteiger partial charge in [0.1, 0.15) is 18.2 Å². The molecule has 1 fully saturated rings. The number of nitrogens with zero attached hydrogens (tertiary/aromatic N) is 1. The van der Waals surface area contributed by atoms with Crippen LogP contribution in [0.15, 0.2) is 30.3 Å². The van der Waals surface area contributed by atoms with Crippen molar-refractivity contribution in [1.82, 2.24) is 10.2 Å². The van der Waals surface area contributed by atoms with Crippen molar-refractivity contribution < 1.29 is 23.9 Å². The lowest BCUT2D eigenvalue weighted by molar-refractivity contribution is -0.131. The van der Waals surface area contributed by atoms with Gasteiger partial charge in [-0.15, -0.1) is 0 Å². The van der Waals surface area contributed by atoms with Crippen LogP contribution in [0.25, 0.3) is 0 Å². The molecule has 0 aliphatic carbocycles. The predicted octanol–water partition coefficient (Wildman–Crippen LogP) is 3.23. The zero-order valence-electron chi connectivity index (χ0n) is 15.5. The van der Waals surface area contributed by atoms with Gasteiger partial charge in [-0.1, -0.05) is 30.3 Å². The van der Waals surface area contributed by atoms with E-state index < -0.39 is 29.7 Å². The topological polar surface area (TPSA) is 84.9 Å². The van der Waals surface area contributed by atoms with Crippen LogP contribution in [-0.2, 0) is 20.9 Å². The lowest BCUT2D eigenvalue weighted by Gasteiger charge is -2.25. The summed E-state index contributed by atoms with van der Waals surface area (Å²) in [6.45, 7) is 5.60. The summed E-state index contributed by atoms with van der Waals surface area (Å²) in [5.74, 6) is -0.466. The SMILES string of the molecule is CC(C)(C)OC(=O)N[C@H]1CCCCN(C(=O)OCc2ccccc2)C1=O. The van der Waals surface area contributed by atoms with Gasteiger partial charge in [0, 0.05) is 6.54 Å². The molecule has 1 N–H and O–H groups in total. The summed E-state index contributed by atoms with van der Waals surface area (Å²) < 4.78 is 10.4. The van der Waals surface area contributed by atoms with E-state index in [1.54, 1.807) is 20.8 Å². The summed E-state index contributed by atoms with van der Waals surface area (Å²) in [5.41, 5.74) is 0.179. The second kappa shape index (κ2) is 8.69. The lowest BCUT2D eigenvalue weighted by atomic mass is 10.1. The van der Waals surface area contributed by atoms with Crippen molar-refractivity contribution in [2.24, 2.45) is 0 Å². The molecule has 142 valence electrons. The van der Waals surface area contributed by atoms with Crippen LogP contribution in [0.5, 0.6) is 0 Å². The maximum Gasteiger partial charge on any atom is 0.416 e. The van der Waals surface area contributed by atoms with E-state index in [1.165, 1.54) is 0 Å². The summed E-state index contributed by atoms with van der Waals surface area (Å²) >= 11 is 0. The number of hydrogen-bond acceptors (Lipinski definition) is 5. The molecule has 1 saturated heterocycles. The monoisotopic (exact) mass is 362 g/mol. The van der Waals surface area contributed by atoms with Crippen molar-refractivity contribution in [1.29, 1.82) is 0 Å². The fraction of sp³-hybridized carbons (Fsp3) is 0.526. The number of ether oxygens (including phenoxy) is 2. The number of alkyl carbamates (subject to hydrolysis) is 1. The van der Waals surface area contributed by atoms with E-state index in [9.17, 15) is 14.4 Å². The summed E-state index contributed by atoms with van der Waals surface area (Å²) in [6.07, 6.45) is 0.473. The normalized spacial score (nSPS) is 18.0. The second-order valence-corrected chi connectivity index (χ2v) is 7.22. The van der Waals surface area contributed by atoms with E-state index in [0.29, 0.717) is 19.3 Å². The minimum absolute atomic E-state index is 0.0909. The number of carbonyl (C=O) groups excluding carboxylic acids is 3. The molecule has 0 aromatic heterocycles. The number of hydrogen-bond donors (Lipinski definition) is 1. The highest BCUT2D eigenvalue weighted by Gasteiger charge is 2.33. The molecule has 0 unspecified atom stereocenters. The van der Waals surface area contributed by atoms with Gasteiger partial charge in [-0.25, -0.2) is 14.5 Å². The maximum absolute atomic E-state index is 12.7. The fourth-order valence-electron chi connectivity index (χ4n) is 2.60. The Kier molecular flexibility index (Phi) is 6.60. The number of amides is 3. The van der Waals surface area contributed by atoms with Gasteiger partial charge in [-0.05, 0) is 45.6 Å².